The summed E-state index contributed by atoms with van der Waals surface area (Å²) < 4.78 is 7.29. The van der Waals surface area contributed by atoms with Gasteiger partial charge in [-0.25, -0.2) is 0 Å². The molecule has 0 amide bonds. The van der Waals surface area contributed by atoms with E-state index in [1.807, 2.05) is 6.07 Å². The largest absolute Gasteiger partial charge is 0.369 e. The molecule has 1 aromatic rings. The Balaban J connectivity index is 2.13. The van der Waals surface area contributed by atoms with Crippen LogP contribution in [-0.2, 0) is 11.2 Å². The molecule has 1 heterocycles. The highest BCUT2D eigenvalue weighted by Crippen LogP contribution is 2.43. The number of nitrogens with two attached hydrogens (primary N) is 1. The molecule has 0 aliphatic carbocycles. The molecule has 2 nitrogen and oxygen atoms in total. The zero-order chi connectivity index (χ0) is 14.3. The average Bonchev–Trinajstić information content (AvgIpc) is 2.50. The van der Waals surface area contributed by atoms with Crippen LogP contribution >= 0.6 is 15.9 Å². The van der Waals surface area contributed by atoms with Gasteiger partial charge in [0, 0.05) is 16.4 Å². The molecule has 19 heavy (non-hydrogen) atoms. The minimum Gasteiger partial charge on any atom is -0.369 e. The molecule has 0 aromatic heterocycles. The zero-order valence-corrected chi connectivity index (χ0v) is 13.8. The van der Waals surface area contributed by atoms with Crippen molar-refractivity contribution >= 4 is 15.9 Å². The minimum absolute atomic E-state index is 0.0697. The van der Waals surface area contributed by atoms with Crippen molar-refractivity contribution in [2.75, 3.05) is 0 Å². The third-order valence-electron chi connectivity index (χ3n) is 4.07. The molecule has 2 rings (SSSR count). The summed E-state index contributed by atoms with van der Waals surface area (Å²) in [5, 5.41) is 0. The Morgan fingerprint density at radius 3 is 2.47 bits per heavy atom. The normalized spacial score (nSPS) is 26.3. The van der Waals surface area contributed by atoms with E-state index in [1.54, 1.807) is 0 Å². The smallest absolute Gasteiger partial charge is 0.0677 e. The molecule has 1 saturated heterocycles. The number of ether oxygens (including phenoxy) is 1. The summed E-state index contributed by atoms with van der Waals surface area (Å²) in [6.07, 6.45) is 1.90. The maximum Gasteiger partial charge on any atom is 0.0677 e. The third kappa shape index (κ3) is 3.39. The van der Waals surface area contributed by atoms with Crippen molar-refractivity contribution in [1.29, 1.82) is 0 Å². The summed E-state index contributed by atoms with van der Waals surface area (Å²) in [7, 11) is 0. The van der Waals surface area contributed by atoms with Crippen LogP contribution in [0.5, 0.6) is 0 Å². The lowest BCUT2D eigenvalue weighted by Gasteiger charge is -2.31. The van der Waals surface area contributed by atoms with Crippen LogP contribution in [-0.4, -0.2) is 17.2 Å². The predicted molar refractivity (Wildman–Crippen MR) is 83.2 cm³/mol. The second-order valence-electron chi connectivity index (χ2n) is 6.74. The van der Waals surface area contributed by atoms with Gasteiger partial charge in [-0.3, -0.25) is 0 Å². The summed E-state index contributed by atoms with van der Waals surface area (Å²) in [5.74, 6) is 0.384. The van der Waals surface area contributed by atoms with E-state index in [0.717, 1.165) is 17.3 Å². The summed E-state index contributed by atoms with van der Waals surface area (Å²) >= 11 is 3.60. The molecule has 2 atom stereocenters. The Morgan fingerprint density at radius 2 is 1.95 bits per heavy atom. The van der Waals surface area contributed by atoms with E-state index in [1.165, 1.54) is 5.56 Å². The van der Waals surface area contributed by atoms with Crippen molar-refractivity contribution in [1.82, 2.24) is 0 Å². The number of hydrogen-bond donors (Lipinski definition) is 1. The highest BCUT2D eigenvalue weighted by atomic mass is 79.9. The Labute approximate surface area is 124 Å². The van der Waals surface area contributed by atoms with Crippen LogP contribution in [0.3, 0.4) is 0 Å². The summed E-state index contributed by atoms with van der Waals surface area (Å²) in [6.45, 7) is 8.62. The molecule has 1 aliphatic rings. The lowest BCUT2D eigenvalue weighted by molar-refractivity contribution is -0.0765. The Kier molecular flexibility index (Phi) is 4.10. The molecule has 0 bridgehead atoms. The second-order valence-corrected chi connectivity index (χ2v) is 7.59. The summed E-state index contributed by atoms with van der Waals surface area (Å²) in [4.78, 5) is 0. The van der Waals surface area contributed by atoms with Crippen molar-refractivity contribution in [2.45, 2.75) is 57.8 Å². The van der Waals surface area contributed by atoms with Crippen molar-refractivity contribution in [3.8, 4) is 0 Å². The monoisotopic (exact) mass is 325 g/mol. The molecule has 1 fully saturated rings. The van der Waals surface area contributed by atoms with E-state index in [4.69, 9.17) is 10.5 Å². The van der Waals surface area contributed by atoms with Crippen LogP contribution in [0.25, 0.3) is 0 Å². The first-order valence-corrected chi connectivity index (χ1v) is 7.70. The van der Waals surface area contributed by atoms with Crippen LogP contribution in [0.1, 0.15) is 39.7 Å². The predicted octanol–water partition coefficient (Wildman–Crippen LogP) is 3.91. The molecular formula is C16H24BrNO. The molecule has 1 aliphatic heterocycles. The molecule has 3 heteroatoms. The number of rotatable bonds is 3. The van der Waals surface area contributed by atoms with Crippen LogP contribution in [0.2, 0.25) is 0 Å². The number of benzene rings is 1. The van der Waals surface area contributed by atoms with Gasteiger partial charge in [0.05, 0.1) is 11.2 Å². The van der Waals surface area contributed by atoms with E-state index >= 15 is 0 Å². The molecule has 0 saturated carbocycles. The third-order valence-corrected chi connectivity index (χ3v) is 4.85. The molecule has 0 radical (unpaired) electrons. The van der Waals surface area contributed by atoms with Crippen molar-refractivity contribution in [3.05, 3.63) is 34.3 Å². The Bertz CT molecular complexity index is 456. The molecule has 0 spiro atoms. The van der Waals surface area contributed by atoms with Gasteiger partial charge in [0.1, 0.15) is 0 Å². The fourth-order valence-electron chi connectivity index (χ4n) is 3.33. The zero-order valence-electron chi connectivity index (χ0n) is 12.2. The molecule has 1 aromatic carbocycles. The van der Waals surface area contributed by atoms with E-state index in [0.29, 0.717) is 5.92 Å². The topological polar surface area (TPSA) is 35.2 Å². The Morgan fingerprint density at radius 1 is 1.32 bits per heavy atom. The number of halogens is 1. The van der Waals surface area contributed by atoms with Crippen LogP contribution in [0.4, 0.5) is 0 Å². The maximum absolute atomic E-state index is 6.48. The van der Waals surface area contributed by atoms with Crippen molar-refractivity contribution in [3.63, 3.8) is 0 Å². The quantitative estimate of drug-likeness (QED) is 0.914. The summed E-state index contributed by atoms with van der Waals surface area (Å²) in [6, 6.07) is 8.42. The lowest BCUT2D eigenvalue weighted by atomic mass is 9.80. The van der Waals surface area contributed by atoms with Crippen LogP contribution < -0.4 is 5.73 Å². The second kappa shape index (κ2) is 5.19. The van der Waals surface area contributed by atoms with Crippen LogP contribution in [0.15, 0.2) is 28.7 Å². The van der Waals surface area contributed by atoms with Gasteiger partial charge in [0.25, 0.3) is 0 Å². The lowest BCUT2D eigenvalue weighted by Crippen LogP contribution is -2.42. The highest BCUT2D eigenvalue weighted by Gasteiger charge is 2.48. The first-order chi connectivity index (χ1) is 8.71. The van der Waals surface area contributed by atoms with E-state index in [9.17, 15) is 0 Å². The Hall–Kier alpha value is -0.380. The van der Waals surface area contributed by atoms with Crippen molar-refractivity contribution < 1.29 is 4.74 Å². The van der Waals surface area contributed by atoms with Gasteiger partial charge < -0.3 is 10.5 Å². The minimum atomic E-state index is -0.149. The maximum atomic E-state index is 6.48. The molecule has 2 unspecified atom stereocenters. The van der Waals surface area contributed by atoms with Gasteiger partial charge in [-0.15, -0.1) is 0 Å². The SMILES string of the molecule is CC1(C)CC(C(N)Cc2ccccc2Br)C(C)(C)O1. The fraction of sp³-hybridized carbons (Fsp3) is 0.625. The van der Waals surface area contributed by atoms with Crippen LogP contribution in [0, 0.1) is 5.92 Å². The average molecular weight is 326 g/mol. The van der Waals surface area contributed by atoms with E-state index < -0.39 is 0 Å². The van der Waals surface area contributed by atoms with Gasteiger partial charge in [-0.05, 0) is 52.2 Å². The summed E-state index contributed by atoms with van der Waals surface area (Å²) in [5.41, 5.74) is 7.53. The van der Waals surface area contributed by atoms with Gasteiger partial charge in [0.2, 0.25) is 0 Å². The number of hydrogen-bond acceptors (Lipinski definition) is 2. The first kappa shape index (κ1) is 15.0. The van der Waals surface area contributed by atoms with E-state index in [2.05, 4.69) is 61.8 Å². The van der Waals surface area contributed by atoms with E-state index in [-0.39, 0.29) is 17.2 Å². The molecular weight excluding hydrogens is 302 g/mol. The van der Waals surface area contributed by atoms with Gasteiger partial charge >= 0.3 is 0 Å². The first-order valence-electron chi connectivity index (χ1n) is 6.90. The fourth-order valence-corrected chi connectivity index (χ4v) is 3.78. The van der Waals surface area contributed by atoms with Crippen molar-refractivity contribution in [2.24, 2.45) is 11.7 Å². The highest BCUT2D eigenvalue weighted by molar-refractivity contribution is 9.10. The van der Waals surface area contributed by atoms with Gasteiger partial charge in [-0.2, -0.15) is 0 Å². The molecule has 2 N–H and O–H groups in total. The van der Waals surface area contributed by atoms with Gasteiger partial charge in [-0.1, -0.05) is 34.1 Å². The standard InChI is InChI=1S/C16H24BrNO/c1-15(2)10-12(16(3,4)19-15)14(18)9-11-7-5-6-8-13(11)17/h5-8,12,14H,9-10,18H2,1-4H3. The molecule has 106 valence electrons. The van der Waals surface area contributed by atoms with Gasteiger partial charge in [0.15, 0.2) is 0 Å².